The molecule has 0 radical (unpaired) electrons. The Bertz CT molecular complexity index is 1010. The number of carbonyl (C=O) groups is 1. The molecule has 0 unspecified atom stereocenters. The average Bonchev–Trinajstić information content (AvgIpc) is 3.09. The van der Waals surface area contributed by atoms with E-state index in [4.69, 9.17) is 11.6 Å². The van der Waals surface area contributed by atoms with E-state index in [9.17, 15) is 15.0 Å². The lowest BCUT2D eigenvalue weighted by molar-refractivity contribution is 0.0748. The summed E-state index contributed by atoms with van der Waals surface area (Å²) in [5.41, 5.74) is 3.79. The van der Waals surface area contributed by atoms with Gasteiger partial charge in [-0.15, -0.1) is 0 Å². The van der Waals surface area contributed by atoms with Crippen LogP contribution in [0, 0.1) is 0 Å². The molecule has 2 N–H and O–H groups in total. The first-order valence-corrected chi connectivity index (χ1v) is 9.05. The van der Waals surface area contributed by atoms with Gasteiger partial charge in [0.2, 0.25) is 0 Å². The van der Waals surface area contributed by atoms with Gasteiger partial charge in [-0.25, -0.2) is 0 Å². The Hall–Kier alpha value is -2.98. The quantitative estimate of drug-likeness (QED) is 0.704. The zero-order valence-corrected chi connectivity index (χ0v) is 15.3. The van der Waals surface area contributed by atoms with Gasteiger partial charge in [0, 0.05) is 30.6 Å². The maximum atomic E-state index is 13.0. The number of halogens is 1. The maximum Gasteiger partial charge on any atom is 0.258 e. The molecule has 4 rings (SSSR count). The van der Waals surface area contributed by atoms with E-state index in [0.717, 1.165) is 16.7 Å². The van der Waals surface area contributed by atoms with Gasteiger partial charge in [0.25, 0.3) is 5.91 Å². The van der Waals surface area contributed by atoms with Gasteiger partial charge in [-0.3, -0.25) is 4.79 Å². The van der Waals surface area contributed by atoms with Crippen molar-refractivity contribution in [1.29, 1.82) is 0 Å². The molecule has 1 heterocycles. The van der Waals surface area contributed by atoms with E-state index in [1.54, 1.807) is 17.0 Å². The third-order valence-electron chi connectivity index (χ3n) is 4.89. The SMILES string of the molecule is O=C(c1cc(Cc2ccccc2Cl)c(O)cc1O)N1Cc2ccccc2C1. The minimum atomic E-state index is -0.260. The zero-order chi connectivity index (χ0) is 19.0. The summed E-state index contributed by atoms with van der Waals surface area (Å²) < 4.78 is 0. The summed E-state index contributed by atoms with van der Waals surface area (Å²) in [5.74, 6) is -0.547. The molecule has 5 heteroatoms. The van der Waals surface area contributed by atoms with Crippen LogP contribution in [-0.2, 0) is 19.5 Å². The molecule has 0 bridgehead atoms. The highest BCUT2D eigenvalue weighted by molar-refractivity contribution is 6.31. The fraction of sp³-hybridized carbons (Fsp3) is 0.136. The van der Waals surface area contributed by atoms with Gasteiger partial charge < -0.3 is 15.1 Å². The summed E-state index contributed by atoms with van der Waals surface area (Å²) in [4.78, 5) is 14.7. The fourth-order valence-corrected chi connectivity index (χ4v) is 3.63. The standard InChI is InChI=1S/C22H18ClNO3/c23-19-8-4-3-5-14(19)9-17-10-18(21(26)11-20(17)25)22(27)24-12-15-6-1-2-7-16(15)13-24/h1-8,10-11,25-26H,9,12-13H2. The average molecular weight is 380 g/mol. The smallest absolute Gasteiger partial charge is 0.258 e. The second-order valence-electron chi connectivity index (χ2n) is 6.70. The van der Waals surface area contributed by atoms with E-state index >= 15 is 0 Å². The summed E-state index contributed by atoms with van der Waals surface area (Å²) in [6, 6.07) is 18.0. The first-order valence-electron chi connectivity index (χ1n) is 8.67. The molecule has 0 fully saturated rings. The van der Waals surface area contributed by atoms with E-state index in [1.165, 1.54) is 6.07 Å². The van der Waals surface area contributed by atoms with E-state index < -0.39 is 0 Å². The van der Waals surface area contributed by atoms with Crippen LogP contribution in [0.4, 0.5) is 0 Å². The number of hydrogen-bond donors (Lipinski definition) is 2. The van der Waals surface area contributed by atoms with Crippen LogP contribution in [0.2, 0.25) is 5.02 Å². The van der Waals surface area contributed by atoms with Gasteiger partial charge in [-0.2, -0.15) is 0 Å². The normalized spacial score (nSPS) is 12.9. The molecule has 136 valence electrons. The molecule has 1 aliphatic heterocycles. The minimum absolute atomic E-state index is 0.0614. The lowest BCUT2D eigenvalue weighted by Gasteiger charge is -2.17. The molecule has 0 atom stereocenters. The van der Waals surface area contributed by atoms with E-state index in [2.05, 4.69) is 0 Å². The third-order valence-corrected chi connectivity index (χ3v) is 5.26. The van der Waals surface area contributed by atoms with Gasteiger partial charge >= 0.3 is 0 Å². The fourth-order valence-electron chi connectivity index (χ4n) is 3.43. The van der Waals surface area contributed by atoms with Crippen molar-refractivity contribution in [3.63, 3.8) is 0 Å². The molecule has 0 saturated carbocycles. The highest BCUT2D eigenvalue weighted by Crippen LogP contribution is 2.33. The lowest BCUT2D eigenvalue weighted by atomic mass is 10.0. The van der Waals surface area contributed by atoms with Crippen LogP contribution in [0.5, 0.6) is 11.5 Å². The van der Waals surface area contributed by atoms with Gasteiger partial charge in [-0.05, 0) is 34.4 Å². The molecular formula is C22H18ClNO3. The van der Waals surface area contributed by atoms with Crippen LogP contribution in [0.15, 0.2) is 60.7 Å². The van der Waals surface area contributed by atoms with Crippen LogP contribution in [0.1, 0.15) is 32.6 Å². The number of amides is 1. The van der Waals surface area contributed by atoms with Crippen molar-refractivity contribution in [2.24, 2.45) is 0 Å². The molecule has 3 aromatic carbocycles. The van der Waals surface area contributed by atoms with Gasteiger partial charge in [0.05, 0.1) is 5.56 Å². The third kappa shape index (κ3) is 3.36. The highest BCUT2D eigenvalue weighted by Gasteiger charge is 2.26. The monoisotopic (exact) mass is 379 g/mol. The van der Waals surface area contributed by atoms with Crippen LogP contribution in [0.3, 0.4) is 0 Å². The summed E-state index contributed by atoms with van der Waals surface area (Å²) >= 11 is 6.21. The van der Waals surface area contributed by atoms with Crippen molar-refractivity contribution >= 4 is 17.5 Å². The molecular weight excluding hydrogens is 362 g/mol. The first-order chi connectivity index (χ1) is 13.0. The Labute approximate surface area is 162 Å². The Morgan fingerprint density at radius 2 is 1.52 bits per heavy atom. The van der Waals surface area contributed by atoms with Crippen molar-refractivity contribution in [1.82, 2.24) is 4.90 Å². The molecule has 4 nitrogen and oxygen atoms in total. The number of aromatic hydroxyl groups is 2. The van der Waals surface area contributed by atoms with Crippen molar-refractivity contribution in [2.75, 3.05) is 0 Å². The van der Waals surface area contributed by atoms with Crippen molar-refractivity contribution in [2.45, 2.75) is 19.5 Å². The Balaban J connectivity index is 1.63. The molecule has 0 spiro atoms. The summed E-state index contributed by atoms with van der Waals surface area (Å²) in [6.07, 6.45) is 0.367. The van der Waals surface area contributed by atoms with E-state index in [1.807, 2.05) is 42.5 Å². The van der Waals surface area contributed by atoms with E-state index in [-0.39, 0.29) is 23.0 Å². The molecule has 0 saturated heterocycles. The van der Waals surface area contributed by atoms with Gasteiger partial charge in [0.1, 0.15) is 11.5 Å². The molecule has 3 aromatic rings. The lowest BCUT2D eigenvalue weighted by Crippen LogP contribution is -2.25. The summed E-state index contributed by atoms with van der Waals surface area (Å²) in [5, 5.41) is 21.1. The number of hydrogen-bond acceptors (Lipinski definition) is 3. The van der Waals surface area contributed by atoms with Gasteiger partial charge in [0.15, 0.2) is 0 Å². The highest BCUT2D eigenvalue weighted by atomic mass is 35.5. The number of rotatable bonds is 3. The van der Waals surface area contributed by atoms with Crippen LogP contribution >= 0.6 is 11.6 Å². The van der Waals surface area contributed by atoms with Crippen molar-refractivity contribution < 1.29 is 15.0 Å². The van der Waals surface area contributed by atoms with Crippen LogP contribution in [-0.4, -0.2) is 21.0 Å². The second-order valence-corrected chi connectivity index (χ2v) is 7.10. The Kier molecular flexibility index (Phi) is 4.50. The number of fused-ring (bicyclic) bond motifs is 1. The summed E-state index contributed by atoms with van der Waals surface area (Å²) in [6.45, 7) is 1.02. The largest absolute Gasteiger partial charge is 0.508 e. The molecule has 0 aliphatic carbocycles. The molecule has 1 aliphatic rings. The second kappa shape index (κ2) is 6.97. The molecule has 0 aromatic heterocycles. The van der Waals surface area contributed by atoms with Crippen molar-refractivity contribution in [3.8, 4) is 11.5 Å². The Morgan fingerprint density at radius 1 is 0.889 bits per heavy atom. The van der Waals surface area contributed by atoms with Gasteiger partial charge in [-0.1, -0.05) is 54.1 Å². The predicted octanol–water partition coefficient (Wildman–Crippen LogP) is 4.50. The molecule has 27 heavy (non-hydrogen) atoms. The first kappa shape index (κ1) is 17.4. The van der Waals surface area contributed by atoms with Crippen molar-refractivity contribution in [3.05, 3.63) is 93.5 Å². The zero-order valence-electron chi connectivity index (χ0n) is 14.5. The number of phenolic OH excluding ortho intramolecular Hbond substituents is 2. The number of nitrogens with zero attached hydrogens (tertiary/aromatic N) is 1. The summed E-state index contributed by atoms with van der Waals surface area (Å²) in [7, 11) is 0. The van der Waals surface area contributed by atoms with Crippen LogP contribution in [0.25, 0.3) is 0 Å². The minimum Gasteiger partial charge on any atom is -0.508 e. The Morgan fingerprint density at radius 3 is 2.19 bits per heavy atom. The molecule has 1 amide bonds. The topological polar surface area (TPSA) is 60.8 Å². The van der Waals surface area contributed by atoms with E-state index in [0.29, 0.717) is 30.1 Å². The number of carbonyl (C=O) groups excluding carboxylic acids is 1. The number of phenols is 2. The predicted molar refractivity (Wildman–Crippen MR) is 104 cm³/mol. The number of benzene rings is 3. The maximum absolute atomic E-state index is 13.0. The van der Waals surface area contributed by atoms with Crippen LogP contribution < -0.4 is 0 Å².